The largest absolute Gasteiger partial charge is 0.350 e. The van der Waals surface area contributed by atoms with Crippen molar-refractivity contribution in [2.45, 2.75) is 24.7 Å². The Balaban J connectivity index is 1.71. The van der Waals surface area contributed by atoms with E-state index in [1.54, 1.807) is 34.9 Å². The number of carbonyl (C=O) groups is 1. The number of carbonyl (C=O) groups excluding carboxylic acids is 1. The lowest BCUT2D eigenvalue weighted by atomic mass is 10.1. The van der Waals surface area contributed by atoms with Gasteiger partial charge in [0.05, 0.1) is 15.6 Å². The summed E-state index contributed by atoms with van der Waals surface area (Å²) in [5.74, 6) is -0.234. The van der Waals surface area contributed by atoms with E-state index in [2.05, 4.69) is 10.3 Å². The van der Waals surface area contributed by atoms with Crippen molar-refractivity contribution in [2.24, 2.45) is 5.14 Å². The molecular formula is C18H19ClN4O3S. The maximum absolute atomic E-state index is 12.7. The van der Waals surface area contributed by atoms with Crippen LogP contribution in [0.15, 0.2) is 47.5 Å². The third-order valence-electron chi connectivity index (χ3n) is 4.16. The first-order valence-corrected chi connectivity index (χ1v) is 10.3. The maximum Gasteiger partial charge on any atom is 0.270 e. The Morgan fingerprint density at radius 3 is 2.56 bits per heavy atom. The fourth-order valence-corrected chi connectivity index (χ4v) is 3.48. The number of rotatable bonds is 6. The van der Waals surface area contributed by atoms with E-state index < -0.39 is 10.0 Å². The van der Waals surface area contributed by atoms with Gasteiger partial charge in [-0.25, -0.2) is 18.5 Å². The number of nitrogens with one attached hydrogen (secondary N) is 1. The number of pyridine rings is 1. The number of fused-ring (bicyclic) bond motifs is 1. The van der Waals surface area contributed by atoms with Crippen LogP contribution in [0.2, 0.25) is 5.02 Å². The molecule has 0 bridgehead atoms. The monoisotopic (exact) mass is 406 g/mol. The van der Waals surface area contributed by atoms with Gasteiger partial charge >= 0.3 is 0 Å². The van der Waals surface area contributed by atoms with Gasteiger partial charge in [0, 0.05) is 12.7 Å². The third kappa shape index (κ3) is 4.29. The smallest absolute Gasteiger partial charge is 0.270 e. The lowest BCUT2D eigenvalue weighted by Crippen LogP contribution is -2.27. The zero-order chi connectivity index (χ0) is 19.6. The molecule has 0 fully saturated rings. The molecule has 0 aliphatic carbocycles. The molecule has 0 atom stereocenters. The van der Waals surface area contributed by atoms with Crippen LogP contribution in [0, 0.1) is 0 Å². The van der Waals surface area contributed by atoms with Crippen molar-refractivity contribution in [3.8, 4) is 0 Å². The van der Waals surface area contributed by atoms with Crippen LogP contribution in [-0.2, 0) is 22.9 Å². The van der Waals surface area contributed by atoms with Crippen molar-refractivity contribution in [3.05, 3.63) is 64.6 Å². The molecular weight excluding hydrogens is 388 g/mol. The highest BCUT2D eigenvalue weighted by atomic mass is 35.5. The molecule has 0 aliphatic rings. The van der Waals surface area contributed by atoms with Crippen molar-refractivity contribution in [1.29, 1.82) is 0 Å². The Labute approximate surface area is 162 Å². The Hall–Kier alpha value is -2.42. The molecule has 0 saturated heterocycles. The summed E-state index contributed by atoms with van der Waals surface area (Å²) in [6, 6.07) is 9.76. The fourth-order valence-electron chi connectivity index (χ4n) is 2.80. The van der Waals surface area contributed by atoms with Crippen molar-refractivity contribution < 1.29 is 13.2 Å². The number of aryl methyl sites for hydroxylation is 1. The van der Waals surface area contributed by atoms with E-state index in [-0.39, 0.29) is 10.8 Å². The van der Waals surface area contributed by atoms with Crippen LogP contribution in [0.5, 0.6) is 0 Å². The average molecular weight is 407 g/mol. The highest BCUT2D eigenvalue weighted by Crippen LogP contribution is 2.17. The number of aromatic nitrogens is 2. The van der Waals surface area contributed by atoms with E-state index in [4.69, 9.17) is 16.7 Å². The summed E-state index contributed by atoms with van der Waals surface area (Å²) in [7, 11) is -3.71. The molecule has 0 saturated carbocycles. The Morgan fingerprint density at radius 1 is 1.22 bits per heavy atom. The van der Waals surface area contributed by atoms with Gasteiger partial charge in [-0.3, -0.25) is 9.20 Å². The van der Waals surface area contributed by atoms with Crippen LogP contribution in [0.3, 0.4) is 0 Å². The summed E-state index contributed by atoms with van der Waals surface area (Å²) in [6.07, 6.45) is 2.84. The minimum atomic E-state index is -3.71. The van der Waals surface area contributed by atoms with E-state index >= 15 is 0 Å². The van der Waals surface area contributed by atoms with Gasteiger partial charge in [0.25, 0.3) is 5.91 Å². The molecule has 2 aromatic heterocycles. The van der Waals surface area contributed by atoms with Crippen molar-refractivity contribution in [1.82, 2.24) is 14.7 Å². The number of nitrogens with zero attached hydrogens (tertiary/aromatic N) is 2. The SMILES string of the molecule is CCc1nc2ccc(Cl)cn2c1C(=O)NCCc1ccc(S(N)(=O)=O)cc1. The lowest BCUT2D eigenvalue weighted by Gasteiger charge is -2.07. The molecule has 0 aliphatic heterocycles. The second-order valence-electron chi connectivity index (χ2n) is 6.03. The number of primary sulfonamides is 1. The molecule has 1 amide bonds. The van der Waals surface area contributed by atoms with Gasteiger partial charge in [-0.2, -0.15) is 0 Å². The highest BCUT2D eigenvalue weighted by Gasteiger charge is 2.18. The van der Waals surface area contributed by atoms with Gasteiger partial charge in [-0.05, 0) is 42.7 Å². The maximum atomic E-state index is 12.7. The molecule has 0 radical (unpaired) electrons. The predicted molar refractivity (Wildman–Crippen MR) is 103 cm³/mol. The van der Waals surface area contributed by atoms with E-state index in [1.165, 1.54) is 12.1 Å². The van der Waals surface area contributed by atoms with Crippen LogP contribution < -0.4 is 10.5 Å². The van der Waals surface area contributed by atoms with Gasteiger partial charge in [0.15, 0.2) is 0 Å². The fraction of sp³-hybridized carbons (Fsp3) is 0.222. The number of halogens is 1. The number of amides is 1. The first-order chi connectivity index (χ1) is 12.8. The van der Waals surface area contributed by atoms with Crippen molar-refractivity contribution >= 4 is 33.2 Å². The minimum Gasteiger partial charge on any atom is -0.350 e. The van der Waals surface area contributed by atoms with Gasteiger partial charge in [0.2, 0.25) is 10.0 Å². The number of benzene rings is 1. The molecule has 0 spiro atoms. The topological polar surface area (TPSA) is 107 Å². The summed E-state index contributed by atoms with van der Waals surface area (Å²) in [5.41, 5.74) is 2.73. The summed E-state index contributed by atoms with van der Waals surface area (Å²) < 4.78 is 24.2. The first-order valence-electron chi connectivity index (χ1n) is 8.36. The number of hydrogen-bond acceptors (Lipinski definition) is 4. The molecule has 27 heavy (non-hydrogen) atoms. The van der Waals surface area contributed by atoms with E-state index in [1.807, 2.05) is 6.92 Å². The summed E-state index contributed by atoms with van der Waals surface area (Å²) in [5, 5.41) is 8.48. The van der Waals surface area contributed by atoms with E-state index in [0.717, 1.165) is 5.56 Å². The van der Waals surface area contributed by atoms with Gasteiger partial charge in [-0.15, -0.1) is 0 Å². The quantitative estimate of drug-likeness (QED) is 0.654. The second-order valence-corrected chi connectivity index (χ2v) is 8.03. The molecule has 142 valence electrons. The Morgan fingerprint density at radius 2 is 1.93 bits per heavy atom. The number of nitrogens with two attached hydrogens (primary N) is 1. The Bertz CT molecular complexity index is 1090. The summed E-state index contributed by atoms with van der Waals surface area (Å²) in [4.78, 5) is 17.2. The zero-order valence-corrected chi connectivity index (χ0v) is 16.2. The number of hydrogen-bond donors (Lipinski definition) is 2. The van der Waals surface area contributed by atoms with Crippen molar-refractivity contribution in [2.75, 3.05) is 6.54 Å². The molecule has 3 rings (SSSR count). The predicted octanol–water partition coefficient (Wildman–Crippen LogP) is 2.17. The molecule has 3 N–H and O–H groups in total. The van der Waals surface area contributed by atoms with Gasteiger partial charge in [-0.1, -0.05) is 30.7 Å². The standard InChI is InChI=1S/C18H19ClN4O3S/c1-2-15-17(23-11-13(19)5-8-16(23)22-15)18(24)21-10-9-12-3-6-14(7-4-12)27(20,25)26/h3-8,11H,2,9-10H2,1H3,(H,21,24)(H2,20,25,26). The third-order valence-corrected chi connectivity index (χ3v) is 5.31. The first kappa shape index (κ1) is 19.3. The van der Waals surface area contributed by atoms with Crippen LogP contribution in [0.1, 0.15) is 28.7 Å². The van der Waals surface area contributed by atoms with Crippen LogP contribution in [0.4, 0.5) is 0 Å². The molecule has 0 unspecified atom stereocenters. The summed E-state index contributed by atoms with van der Waals surface area (Å²) in [6.45, 7) is 2.33. The molecule has 2 heterocycles. The molecule has 1 aromatic carbocycles. The average Bonchev–Trinajstić information content (AvgIpc) is 2.99. The van der Waals surface area contributed by atoms with E-state index in [9.17, 15) is 13.2 Å². The van der Waals surface area contributed by atoms with E-state index in [0.29, 0.717) is 41.4 Å². The summed E-state index contributed by atoms with van der Waals surface area (Å²) >= 11 is 6.04. The van der Waals surface area contributed by atoms with Crippen LogP contribution in [-0.4, -0.2) is 30.3 Å². The second kappa shape index (κ2) is 7.67. The van der Waals surface area contributed by atoms with Crippen LogP contribution in [0.25, 0.3) is 5.65 Å². The number of imidazole rings is 1. The van der Waals surface area contributed by atoms with Gasteiger partial charge < -0.3 is 5.32 Å². The normalized spacial score (nSPS) is 11.7. The zero-order valence-electron chi connectivity index (χ0n) is 14.6. The van der Waals surface area contributed by atoms with Crippen LogP contribution >= 0.6 is 11.6 Å². The van der Waals surface area contributed by atoms with Crippen molar-refractivity contribution in [3.63, 3.8) is 0 Å². The highest BCUT2D eigenvalue weighted by molar-refractivity contribution is 7.89. The molecule has 3 aromatic rings. The molecule has 9 heteroatoms. The Kier molecular flexibility index (Phi) is 5.50. The number of sulfonamides is 1. The minimum absolute atomic E-state index is 0.0606. The van der Waals surface area contributed by atoms with Gasteiger partial charge in [0.1, 0.15) is 11.3 Å². The lowest BCUT2D eigenvalue weighted by molar-refractivity contribution is 0.0947. The molecule has 7 nitrogen and oxygen atoms in total.